The summed E-state index contributed by atoms with van der Waals surface area (Å²) in [4.78, 5) is 26.0. The monoisotopic (exact) mass is 436 g/mol. The Balaban J connectivity index is 1.63. The number of carbonyl (C=O) groups excluding carboxylic acids is 1. The summed E-state index contributed by atoms with van der Waals surface area (Å²) in [7, 11) is 0. The van der Waals surface area contributed by atoms with Crippen LogP contribution in [0.1, 0.15) is 32.9 Å². The number of carbonyl (C=O) groups is 1. The Bertz CT molecular complexity index is 1260. The highest BCUT2D eigenvalue weighted by Crippen LogP contribution is 2.39. The Morgan fingerprint density at radius 3 is 2.87 bits per heavy atom. The number of benzene rings is 1. The number of amides is 1. The van der Waals surface area contributed by atoms with Gasteiger partial charge in [0.15, 0.2) is 0 Å². The molecule has 5 rings (SSSR count). The van der Waals surface area contributed by atoms with Crippen molar-refractivity contribution in [2.75, 3.05) is 6.54 Å². The number of nitrogens with one attached hydrogen (secondary N) is 1. The number of aromatic amines is 1. The predicted molar refractivity (Wildman–Crippen MR) is 98.3 cm³/mol. The molecule has 1 aliphatic heterocycles. The first-order valence-corrected chi connectivity index (χ1v) is 9.65. The summed E-state index contributed by atoms with van der Waals surface area (Å²) in [5, 5.41) is 3.61. The maximum Gasteiger partial charge on any atom is 0.505 e. The van der Waals surface area contributed by atoms with Gasteiger partial charge in [0.2, 0.25) is 0 Å². The zero-order valence-corrected chi connectivity index (χ0v) is 15.8. The molecule has 0 fully saturated rings. The zero-order valence-electron chi connectivity index (χ0n) is 15.0. The fourth-order valence-electron chi connectivity index (χ4n) is 3.61. The number of aromatic nitrogens is 5. The molecule has 154 valence electrons. The number of nitrogens with zero attached hydrogens (tertiary/aromatic N) is 5. The van der Waals surface area contributed by atoms with Gasteiger partial charge in [-0.1, -0.05) is 6.07 Å². The third-order valence-corrected chi connectivity index (χ3v) is 5.98. The number of H-pyrrole nitrogens is 1. The second-order valence-corrected chi connectivity index (χ2v) is 7.71. The van der Waals surface area contributed by atoms with E-state index in [2.05, 4.69) is 20.1 Å². The van der Waals surface area contributed by atoms with Crippen LogP contribution in [0, 0.1) is 5.82 Å². The van der Waals surface area contributed by atoms with Crippen LogP contribution >= 0.6 is 11.3 Å². The van der Waals surface area contributed by atoms with Crippen LogP contribution in [-0.2, 0) is 12.7 Å². The molecule has 0 aliphatic carbocycles. The van der Waals surface area contributed by atoms with Gasteiger partial charge in [-0.25, -0.2) is 14.4 Å². The van der Waals surface area contributed by atoms with E-state index in [4.69, 9.17) is 0 Å². The van der Waals surface area contributed by atoms with Crippen LogP contribution < -0.4 is 0 Å². The molecule has 1 amide bonds. The lowest BCUT2D eigenvalue weighted by Crippen LogP contribution is -2.42. The van der Waals surface area contributed by atoms with E-state index in [1.54, 1.807) is 12.1 Å². The summed E-state index contributed by atoms with van der Waals surface area (Å²) in [6.07, 6.45) is -2.07. The second kappa shape index (κ2) is 6.62. The number of para-hydroxylation sites is 1. The van der Waals surface area contributed by atoms with E-state index in [-0.39, 0.29) is 16.7 Å². The van der Waals surface area contributed by atoms with E-state index >= 15 is 0 Å². The van der Waals surface area contributed by atoms with Gasteiger partial charge in [0.05, 0.1) is 22.9 Å². The molecule has 1 atom stereocenters. The number of halogens is 4. The highest BCUT2D eigenvalue weighted by atomic mass is 32.1. The molecular formula is C18H12F4N6OS. The van der Waals surface area contributed by atoms with Crippen LogP contribution in [0.15, 0.2) is 36.8 Å². The van der Waals surface area contributed by atoms with Crippen molar-refractivity contribution < 1.29 is 22.4 Å². The smallest absolute Gasteiger partial charge is 0.348 e. The summed E-state index contributed by atoms with van der Waals surface area (Å²) in [5.74, 6) is -1.37. The van der Waals surface area contributed by atoms with Crippen LogP contribution in [0.2, 0.25) is 0 Å². The molecule has 0 radical (unpaired) electrons. The Kier molecular flexibility index (Phi) is 4.13. The largest absolute Gasteiger partial charge is 0.505 e. The van der Waals surface area contributed by atoms with Gasteiger partial charge < -0.3 is 9.88 Å². The molecule has 30 heavy (non-hydrogen) atoms. The summed E-state index contributed by atoms with van der Waals surface area (Å²) in [5.41, 5.74) is 0.770. The van der Waals surface area contributed by atoms with Gasteiger partial charge in [-0.05, 0) is 18.2 Å². The van der Waals surface area contributed by atoms with Crippen molar-refractivity contribution in [2.24, 2.45) is 0 Å². The second-order valence-electron chi connectivity index (χ2n) is 6.65. The van der Waals surface area contributed by atoms with Crippen molar-refractivity contribution in [3.8, 4) is 0 Å². The Morgan fingerprint density at radius 1 is 1.27 bits per heavy atom. The van der Waals surface area contributed by atoms with Gasteiger partial charge in [0, 0.05) is 18.7 Å². The first kappa shape index (κ1) is 18.7. The molecule has 0 saturated heterocycles. The average molecular weight is 436 g/mol. The lowest BCUT2D eigenvalue weighted by Gasteiger charge is -2.33. The van der Waals surface area contributed by atoms with Crippen LogP contribution in [-0.4, -0.2) is 42.1 Å². The molecule has 1 aliphatic rings. The van der Waals surface area contributed by atoms with E-state index in [0.29, 0.717) is 21.8 Å². The number of imidazole rings is 1. The van der Waals surface area contributed by atoms with Crippen LogP contribution in [0.4, 0.5) is 17.6 Å². The quantitative estimate of drug-likeness (QED) is 0.487. The molecule has 4 aromatic rings. The first-order valence-electron chi connectivity index (χ1n) is 8.84. The molecular weight excluding hydrogens is 424 g/mol. The summed E-state index contributed by atoms with van der Waals surface area (Å²) < 4.78 is 54.3. The number of thiazole rings is 1. The van der Waals surface area contributed by atoms with Gasteiger partial charge in [-0.2, -0.15) is 9.78 Å². The molecule has 0 bridgehead atoms. The van der Waals surface area contributed by atoms with E-state index in [9.17, 15) is 22.4 Å². The summed E-state index contributed by atoms with van der Waals surface area (Å²) in [6, 6.07) is 4.69. The highest BCUT2D eigenvalue weighted by Gasteiger charge is 2.41. The van der Waals surface area contributed by atoms with Gasteiger partial charge >= 0.3 is 6.30 Å². The fourth-order valence-corrected chi connectivity index (χ4v) is 4.71. The van der Waals surface area contributed by atoms with Gasteiger partial charge in [-0.3, -0.25) is 4.79 Å². The third kappa shape index (κ3) is 2.86. The third-order valence-electron chi connectivity index (χ3n) is 4.91. The number of rotatable bonds is 2. The molecule has 7 nitrogen and oxygen atoms in total. The minimum atomic E-state index is -4.84. The fraction of sp³-hybridized carbons (Fsp3) is 0.222. The summed E-state index contributed by atoms with van der Waals surface area (Å²) in [6.45, 7) is 0.139. The van der Waals surface area contributed by atoms with Gasteiger partial charge in [0.25, 0.3) is 5.91 Å². The van der Waals surface area contributed by atoms with Crippen molar-refractivity contribution in [3.63, 3.8) is 0 Å². The number of hydrogen-bond donors (Lipinski definition) is 1. The molecule has 0 saturated carbocycles. The first-order chi connectivity index (χ1) is 14.3. The van der Waals surface area contributed by atoms with Crippen LogP contribution in [0.25, 0.3) is 10.2 Å². The van der Waals surface area contributed by atoms with E-state index in [1.807, 2.05) is 0 Å². The number of hydrogen-bond acceptors (Lipinski definition) is 5. The molecule has 3 aromatic heterocycles. The lowest BCUT2D eigenvalue weighted by atomic mass is 10.0. The van der Waals surface area contributed by atoms with Crippen molar-refractivity contribution >= 4 is 27.5 Å². The molecule has 12 heteroatoms. The minimum absolute atomic E-state index is 0.139. The molecule has 1 aromatic carbocycles. The van der Waals surface area contributed by atoms with Crippen molar-refractivity contribution in [3.05, 3.63) is 64.7 Å². The number of fused-ring (bicyclic) bond motifs is 2. The van der Waals surface area contributed by atoms with E-state index in [0.717, 1.165) is 18.0 Å². The Labute approximate surface area is 170 Å². The van der Waals surface area contributed by atoms with E-state index in [1.165, 1.54) is 28.6 Å². The Hall–Kier alpha value is -3.28. The molecule has 0 spiro atoms. The Morgan fingerprint density at radius 2 is 2.10 bits per heavy atom. The maximum absolute atomic E-state index is 14.2. The SMILES string of the molecule is O=C(c1ccnn1C(F)(F)F)N1CCc2[nH]cnc2[C@H]1c1nc2c(F)cccc2s1. The molecule has 1 N–H and O–H groups in total. The highest BCUT2D eigenvalue weighted by molar-refractivity contribution is 7.18. The van der Waals surface area contributed by atoms with E-state index < -0.39 is 29.8 Å². The average Bonchev–Trinajstić information content (AvgIpc) is 3.44. The van der Waals surface area contributed by atoms with Crippen molar-refractivity contribution in [1.82, 2.24) is 29.6 Å². The van der Waals surface area contributed by atoms with Crippen LogP contribution in [0.3, 0.4) is 0 Å². The van der Waals surface area contributed by atoms with Crippen LogP contribution in [0.5, 0.6) is 0 Å². The predicted octanol–water partition coefficient (Wildman–Crippen LogP) is 3.62. The maximum atomic E-state index is 14.2. The zero-order chi connectivity index (χ0) is 21.0. The lowest BCUT2D eigenvalue weighted by molar-refractivity contribution is -0.213. The standard InChI is InChI=1S/C18H12F4N6OS/c19-9-2-1-3-12-13(9)26-16(30-12)15-14-10(23-8-24-14)5-7-27(15)17(29)11-4-6-25-28(11)18(20,21)22/h1-4,6,8,15H,5,7H2,(H,23,24)/t15-/m0/s1. The summed E-state index contributed by atoms with van der Waals surface area (Å²) >= 11 is 1.17. The van der Waals surface area contributed by atoms with Gasteiger partial charge in [-0.15, -0.1) is 24.5 Å². The normalized spacial score (nSPS) is 16.8. The van der Waals surface area contributed by atoms with Crippen molar-refractivity contribution in [1.29, 1.82) is 0 Å². The van der Waals surface area contributed by atoms with Gasteiger partial charge in [0.1, 0.15) is 28.1 Å². The minimum Gasteiger partial charge on any atom is -0.348 e. The number of alkyl halides is 3. The molecule has 0 unspecified atom stereocenters. The molecule has 4 heterocycles. The van der Waals surface area contributed by atoms with Crippen molar-refractivity contribution in [2.45, 2.75) is 18.8 Å². The topological polar surface area (TPSA) is 79.7 Å².